The van der Waals surface area contributed by atoms with Gasteiger partial charge in [0.15, 0.2) is 0 Å². The molecule has 0 saturated heterocycles. The number of rotatable bonds is 3. The van der Waals surface area contributed by atoms with Crippen LogP contribution < -0.4 is 11.3 Å². The second-order valence-electron chi connectivity index (χ2n) is 3.33. The number of hydrazine groups is 1. The van der Waals surface area contributed by atoms with Crippen molar-refractivity contribution in [3.8, 4) is 11.3 Å². The van der Waals surface area contributed by atoms with Crippen molar-refractivity contribution in [2.75, 3.05) is 0 Å². The number of hydrogen-bond donors (Lipinski definition) is 2. The fourth-order valence-electron chi connectivity index (χ4n) is 1.41. The van der Waals surface area contributed by atoms with E-state index in [2.05, 4.69) is 10.5 Å². The molecular weight excluding hydrogens is 204 g/mol. The monoisotopic (exact) mass is 216 g/mol. The van der Waals surface area contributed by atoms with Crippen molar-refractivity contribution in [1.82, 2.24) is 15.2 Å². The normalized spacial score (nSPS) is 10.1. The highest BCUT2D eigenvalue weighted by molar-refractivity contribution is 5.75. The molecule has 0 atom stereocenters. The van der Waals surface area contributed by atoms with Crippen molar-refractivity contribution in [2.45, 2.75) is 6.54 Å². The van der Waals surface area contributed by atoms with Crippen molar-refractivity contribution >= 4 is 5.91 Å². The third-order valence-electron chi connectivity index (χ3n) is 2.18. The van der Waals surface area contributed by atoms with Crippen molar-refractivity contribution < 1.29 is 4.79 Å². The first kappa shape index (κ1) is 10.4. The first-order valence-electron chi connectivity index (χ1n) is 4.88. The molecule has 0 saturated carbocycles. The number of amides is 1. The lowest BCUT2D eigenvalue weighted by molar-refractivity contribution is -0.121. The van der Waals surface area contributed by atoms with Crippen LogP contribution in [0.1, 0.15) is 0 Å². The Hall–Kier alpha value is -2.14. The lowest BCUT2D eigenvalue weighted by atomic mass is 10.2. The van der Waals surface area contributed by atoms with Crippen LogP contribution in [0.15, 0.2) is 42.6 Å². The van der Waals surface area contributed by atoms with Gasteiger partial charge in [-0.25, -0.2) is 5.84 Å². The number of benzene rings is 1. The van der Waals surface area contributed by atoms with Gasteiger partial charge >= 0.3 is 0 Å². The van der Waals surface area contributed by atoms with Gasteiger partial charge in [-0.05, 0) is 6.07 Å². The molecule has 16 heavy (non-hydrogen) atoms. The molecule has 5 nitrogen and oxygen atoms in total. The highest BCUT2D eigenvalue weighted by atomic mass is 16.2. The van der Waals surface area contributed by atoms with Gasteiger partial charge in [0.25, 0.3) is 5.91 Å². The van der Waals surface area contributed by atoms with Gasteiger partial charge in [-0.1, -0.05) is 30.3 Å². The summed E-state index contributed by atoms with van der Waals surface area (Å²) in [4.78, 5) is 11.0. The molecule has 1 aromatic heterocycles. The van der Waals surface area contributed by atoms with Crippen LogP contribution in [0.2, 0.25) is 0 Å². The zero-order valence-corrected chi connectivity index (χ0v) is 8.63. The van der Waals surface area contributed by atoms with E-state index in [0.717, 1.165) is 11.3 Å². The fourth-order valence-corrected chi connectivity index (χ4v) is 1.41. The summed E-state index contributed by atoms with van der Waals surface area (Å²) in [6, 6.07) is 11.6. The van der Waals surface area contributed by atoms with Crippen LogP contribution in [0.25, 0.3) is 11.3 Å². The molecule has 0 aliphatic heterocycles. The summed E-state index contributed by atoms with van der Waals surface area (Å²) in [5.74, 6) is 4.72. The summed E-state index contributed by atoms with van der Waals surface area (Å²) in [7, 11) is 0. The van der Waals surface area contributed by atoms with E-state index in [4.69, 9.17) is 5.84 Å². The molecule has 0 unspecified atom stereocenters. The number of carbonyl (C=O) groups excluding carboxylic acids is 1. The SMILES string of the molecule is NNC(=O)Cn1ccc(-c2ccccc2)n1. The average Bonchev–Trinajstić information content (AvgIpc) is 2.78. The Morgan fingerprint density at radius 2 is 2.06 bits per heavy atom. The Morgan fingerprint density at radius 3 is 2.75 bits per heavy atom. The van der Waals surface area contributed by atoms with E-state index >= 15 is 0 Å². The Morgan fingerprint density at radius 1 is 1.31 bits per heavy atom. The standard InChI is InChI=1S/C11H12N4O/c12-13-11(16)8-15-7-6-10(14-15)9-4-2-1-3-5-9/h1-7H,8,12H2,(H,13,16). The van der Waals surface area contributed by atoms with Gasteiger partial charge in [0.1, 0.15) is 6.54 Å². The van der Waals surface area contributed by atoms with Gasteiger partial charge in [0.05, 0.1) is 5.69 Å². The third kappa shape index (κ3) is 2.26. The molecule has 0 bridgehead atoms. The molecule has 0 aliphatic carbocycles. The van der Waals surface area contributed by atoms with Crippen LogP contribution in [0.5, 0.6) is 0 Å². The van der Waals surface area contributed by atoms with E-state index in [1.807, 2.05) is 36.4 Å². The Balaban J connectivity index is 2.17. The minimum atomic E-state index is -0.275. The predicted molar refractivity (Wildman–Crippen MR) is 60.0 cm³/mol. The van der Waals surface area contributed by atoms with Crippen molar-refractivity contribution in [3.05, 3.63) is 42.6 Å². The lowest BCUT2D eigenvalue weighted by Gasteiger charge is -1.99. The molecule has 0 spiro atoms. The van der Waals surface area contributed by atoms with Crippen LogP contribution in [-0.2, 0) is 11.3 Å². The van der Waals surface area contributed by atoms with Crippen molar-refractivity contribution in [1.29, 1.82) is 0 Å². The lowest BCUT2D eigenvalue weighted by Crippen LogP contribution is -2.33. The number of carbonyl (C=O) groups is 1. The molecule has 0 aliphatic rings. The topological polar surface area (TPSA) is 72.9 Å². The van der Waals surface area contributed by atoms with Gasteiger partial charge in [0, 0.05) is 11.8 Å². The molecular formula is C11H12N4O. The molecule has 1 amide bonds. The molecule has 3 N–H and O–H groups in total. The quantitative estimate of drug-likeness (QED) is 0.447. The number of nitrogens with one attached hydrogen (secondary N) is 1. The molecule has 2 rings (SSSR count). The second-order valence-corrected chi connectivity index (χ2v) is 3.33. The zero-order valence-electron chi connectivity index (χ0n) is 8.63. The summed E-state index contributed by atoms with van der Waals surface area (Å²) < 4.78 is 1.55. The zero-order chi connectivity index (χ0) is 11.4. The summed E-state index contributed by atoms with van der Waals surface area (Å²) >= 11 is 0. The molecule has 82 valence electrons. The number of nitrogens with zero attached hydrogens (tertiary/aromatic N) is 2. The Bertz CT molecular complexity index is 478. The molecule has 5 heteroatoms. The van der Waals surface area contributed by atoms with Gasteiger partial charge in [-0.3, -0.25) is 14.9 Å². The van der Waals surface area contributed by atoms with Crippen molar-refractivity contribution in [3.63, 3.8) is 0 Å². The van der Waals surface area contributed by atoms with E-state index in [0.29, 0.717) is 0 Å². The highest BCUT2D eigenvalue weighted by Crippen LogP contribution is 2.15. The molecule has 1 aromatic carbocycles. The van der Waals surface area contributed by atoms with Gasteiger partial charge in [0.2, 0.25) is 0 Å². The van der Waals surface area contributed by atoms with Crippen LogP contribution in [0.4, 0.5) is 0 Å². The first-order valence-corrected chi connectivity index (χ1v) is 4.88. The van der Waals surface area contributed by atoms with E-state index in [1.54, 1.807) is 10.9 Å². The second kappa shape index (κ2) is 4.59. The minimum absolute atomic E-state index is 0.128. The molecule has 0 fully saturated rings. The van der Waals surface area contributed by atoms with Crippen LogP contribution >= 0.6 is 0 Å². The Labute approximate surface area is 92.8 Å². The molecule has 0 radical (unpaired) electrons. The minimum Gasteiger partial charge on any atom is -0.293 e. The van der Waals surface area contributed by atoms with Gasteiger partial charge < -0.3 is 0 Å². The van der Waals surface area contributed by atoms with Gasteiger partial charge in [-0.15, -0.1) is 0 Å². The third-order valence-corrected chi connectivity index (χ3v) is 2.18. The van der Waals surface area contributed by atoms with E-state index < -0.39 is 0 Å². The number of nitrogens with two attached hydrogens (primary N) is 1. The number of hydrogen-bond acceptors (Lipinski definition) is 3. The van der Waals surface area contributed by atoms with E-state index in [9.17, 15) is 4.79 Å². The summed E-state index contributed by atoms with van der Waals surface area (Å²) in [6.07, 6.45) is 1.75. The Kier molecular flexibility index (Phi) is 2.98. The molecule has 1 heterocycles. The maximum absolute atomic E-state index is 11.0. The summed E-state index contributed by atoms with van der Waals surface area (Å²) in [5, 5.41) is 4.27. The first-order chi connectivity index (χ1) is 7.79. The van der Waals surface area contributed by atoms with Gasteiger partial charge in [-0.2, -0.15) is 5.10 Å². The summed E-state index contributed by atoms with van der Waals surface area (Å²) in [6.45, 7) is 0.128. The molecule has 2 aromatic rings. The fraction of sp³-hybridized carbons (Fsp3) is 0.0909. The van der Waals surface area contributed by atoms with Crippen LogP contribution in [0.3, 0.4) is 0 Å². The number of aromatic nitrogens is 2. The van der Waals surface area contributed by atoms with Crippen LogP contribution in [0, 0.1) is 0 Å². The van der Waals surface area contributed by atoms with E-state index in [1.165, 1.54) is 0 Å². The van der Waals surface area contributed by atoms with Crippen molar-refractivity contribution in [2.24, 2.45) is 5.84 Å². The van der Waals surface area contributed by atoms with Crippen LogP contribution in [-0.4, -0.2) is 15.7 Å². The summed E-state index contributed by atoms with van der Waals surface area (Å²) in [5.41, 5.74) is 3.92. The largest absolute Gasteiger partial charge is 0.293 e. The predicted octanol–water partition coefficient (Wildman–Crippen LogP) is 0.540. The highest BCUT2D eigenvalue weighted by Gasteiger charge is 2.04. The average molecular weight is 216 g/mol. The van der Waals surface area contributed by atoms with E-state index in [-0.39, 0.29) is 12.5 Å². The maximum atomic E-state index is 11.0. The maximum Gasteiger partial charge on any atom is 0.255 e. The smallest absolute Gasteiger partial charge is 0.255 e.